The molecule has 0 atom stereocenters. The average Bonchev–Trinajstić information content (AvgIpc) is 3.07. The van der Waals surface area contributed by atoms with Crippen LogP contribution < -0.4 is 10.1 Å². The van der Waals surface area contributed by atoms with Crippen LogP contribution in [0.1, 0.15) is 18.2 Å². The summed E-state index contributed by atoms with van der Waals surface area (Å²) in [5, 5.41) is 5.74. The predicted octanol–water partition coefficient (Wildman–Crippen LogP) is 5.46. The van der Waals surface area contributed by atoms with Crippen LogP contribution in [0.3, 0.4) is 0 Å². The lowest BCUT2D eigenvalue weighted by molar-refractivity contribution is -0.115. The Kier molecular flexibility index (Phi) is 6.06. The van der Waals surface area contributed by atoms with Crippen LogP contribution in [-0.4, -0.2) is 17.5 Å². The third-order valence-corrected chi connectivity index (χ3v) is 5.30. The molecule has 0 unspecified atom stereocenters. The largest absolute Gasteiger partial charge is 0.494 e. The van der Waals surface area contributed by atoms with Crippen molar-refractivity contribution < 1.29 is 9.53 Å². The summed E-state index contributed by atoms with van der Waals surface area (Å²) in [7, 11) is 0. The molecule has 1 aromatic heterocycles. The van der Waals surface area contributed by atoms with E-state index in [9.17, 15) is 4.79 Å². The van der Waals surface area contributed by atoms with Crippen molar-refractivity contribution >= 4 is 38.9 Å². The van der Waals surface area contributed by atoms with E-state index < -0.39 is 0 Å². The first-order chi connectivity index (χ1) is 12.5. The minimum Gasteiger partial charge on any atom is -0.494 e. The highest BCUT2D eigenvalue weighted by atomic mass is 79.9. The summed E-state index contributed by atoms with van der Waals surface area (Å²) in [5.74, 6) is 0.758. The Morgan fingerprint density at radius 2 is 2.00 bits per heavy atom. The lowest BCUT2D eigenvalue weighted by Crippen LogP contribution is -2.15. The fourth-order valence-corrected chi connectivity index (χ4v) is 3.88. The topological polar surface area (TPSA) is 51.2 Å². The Labute approximate surface area is 165 Å². The second-order valence-corrected chi connectivity index (χ2v) is 7.52. The van der Waals surface area contributed by atoms with E-state index in [4.69, 9.17) is 4.74 Å². The van der Waals surface area contributed by atoms with Gasteiger partial charge in [-0.05, 0) is 71.7 Å². The predicted molar refractivity (Wildman–Crippen MR) is 110 cm³/mol. The van der Waals surface area contributed by atoms with Gasteiger partial charge < -0.3 is 10.1 Å². The molecule has 0 aliphatic heterocycles. The molecular weight excluding hydrogens is 412 g/mol. The monoisotopic (exact) mass is 430 g/mol. The number of aryl methyl sites for hydroxylation is 1. The maximum Gasteiger partial charge on any atom is 0.230 e. The Morgan fingerprint density at radius 1 is 1.23 bits per heavy atom. The molecule has 2 aromatic carbocycles. The van der Waals surface area contributed by atoms with E-state index in [1.165, 1.54) is 11.3 Å². The summed E-state index contributed by atoms with van der Waals surface area (Å²) in [5.41, 5.74) is 3.68. The number of hydrogen-bond donors (Lipinski definition) is 1. The van der Waals surface area contributed by atoms with E-state index in [0.29, 0.717) is 6.61 Å². The summed E-state index contributed by atoms with van der Waals surface area (Å²) in [6.45, 7) is 4.61. The van der Waals surface area contributed by atoms with Crippen LogP contribution in [0, 0.1) is 6.92 Å². The van der Waals surface area contributed by atoms with E-state index in [2.05, 4.69) is 26.2 Å². The first kappa shape index (κ1) is 18.6. The van der Waals surface area contributed by atoms with Gasteiger partial charge in [-0.25, -0.2) is 4.98 Å². The summed E-state index contributed by atoms with van der Waals surface area (Å²) < 4.78 is 6.33. The van der Waals surface area contributed by atoms with E-state index >= 15 is 0 Å². The number of ether oxygens (including phenoxy) is 1. The Morgan fingerprint density at radius 3 is 2.69 bits per heavy atom. The minimum absolute atomic E-state index is 0.0851. The van der Waals surface area contributed by atoms with E-state index in [1.54, 1.807) is 0 Å². The lowest BCUT2D eigenvalue weighted by atomic mass is 10.2. The summed E-state index contributed by atoms with van der Waals surface area (Å²) in [6, 6.07) is 13.7. The molecular formula is C20H19BrN2O2S. The average molecular weight is 431 g/mol. The highest BCUT2D eigenvalue weighted by molar-refractivity contribution is 9.10. The zero-order valence-electron chi connectivity index (χ0n) is 14.6. The van der Waals surface area contributed by atoms with Crippen molar-refractivity contribution in [1.29, 1.82) is 0 Å². The Balaban J connectivity index is 1.65. The fraction of sp³-hybridized carbons (Fsp3) is 0.200. The maximum atomic E-state index is 12.3. The molecule has 0 aliphatic rings. The molecule has 1 heterocycles. The Bertz CT molecular complexity index is 906. The molecule has 3 rings (SSSR count). The number of carbonyl (C=O) groups is 1. The molecule has 0 fully saturated rings. The van der Waals surface area contributed by atoms with E-state index in [-0.39, 0.29) is 12.3 Å². The van der Waals surface area contributed by atoms with Gasteiger partial charge in [-0.1, -0.05) is 6.07 Å². The fourth-order valence-electron chi connectivity index (χ4n) is 2.46. The van der Waals surface area contributed by atoms with Crippen molar-refractivity contribution in [2.75, 3.05) is 11.9 Å². The normalized spacial score (nSPS) is 10.6. The van der Waals surface area contributed by atoms with E-state index in [0.717, 1.165) is 37.7 Å². The van der Waals surface area contributed by atoms with Gasteiger partial charge in [0.15, 0.2) is 0 Å². The molecule has 3 aromatic rings. The van der Waals surface area contributed by atoms with Crippen molar-refractivity contribution in [2.24, 2.45) is 0 Å². The molecule has 26 heavy (non-hydrogen) atoms. The number of halogens is 1. The molecule has 0 bridgehead atoms. The molecule has 4 nitrogen and oxygen atoms in total. The van der Waals surface area contributed by atoms with Gasteiger partial charge in [0.2, 0.25) is 5.91 Å². The van der Waals surface area contributed by atoms with Crippen LogP contribution >= 0.6 is 27.3 Å². The first-order valence-corrected chi connectivity index (χ1v) is 9.96. The van der Waals surface area contributed by atoms with Gasteiger partial charge in [-0.2, -0.15) is 0 Å². The first-order valence-electron chi connectivity index (χ1n) is 8.29. The minimum atomic E-state index is -0.0851. The SMILES string of the molecule is CCOc1ccc(-c2nc(CC(=O)Nc3ccc(C)cc3Br)cs2)cc1. The number of aromatic nitrogens is 1. The number of thiazole rings is 1. The molecule has 0 aliphatic carbocycles. The second-order valence-electron chi connectivity index (χ2n) is 5.81. The third-order valence-electron chi connectivity index (χ3n) is 3.70. The number of benzene rings is 2. The zero-order chi connectivity index (χ0) is 18.5. The number of hydrogen-bond acceptors (Lipinski definition) is 4. The molecule has 6 heteroatoms. The van der Waals surface area contributed by atoms with Crippen LogP contribution in [0.15, 0.2) is 52.3 Å². The second kappa shape index (κ2) is 8.47. The highest BCUT2D eigenvalue weighted by Crippen LogP contribution is 2.27. The van der Waals surface area contributed by atoms with Crippen LogP contribution in [-0.2, 0) is 11.2 Å². The maximum absolute atomic E-state index is 12.3. The quantitative estimate of drug-likeness (QED) is 0.564. The van der Waals surface area contributed by atoms with Crippen LogP contribution in [0.2, 0.25) is 0 Å². The number of amides is 1. The number of nitrogens with zero attached hydrogens (tertiary/aromatic N) is 1. The van der Waals surface area contributed by atoms with Crippen molar-refractivity contribution in [1.82, 2.24) is 4.98 Å². The summed E-state index contributed by atoms with van der Waals surface area (Å²) in [6.07, 6.45) is 0.244. The van der Waals surface area contributed by atoms with Crippen molar-refractivity contribution in [3.05, 3.63) is 63.6 Å². The van der Waals surface area contributed by atoms with Gasteiger partial charge in [0, 0.05) is 15.4 Å². The van der Waals surface area contributed by atoms with E-state index in [1.807, 2.05) is 61.7 Å². The number of anilines is 1. The number of rotatable bonds is 6. The van der Waals surface area contributed by atoms with Gasteiger partial charge in [0.05, 0.1) is 24.4 Å². The molecule has 0 saturated heterocycles. The van der Waals surface area contributed by atoms with Crippen LogP contribution in [0.4, 0.5) is 5.69 Å². The van der Waals surface area contributed by atoms with Gasteiger partial charge in [-0.15, -0.1) is 11.3 Å². The molecule has 1 N–H and O–H groups in total. The molecule has 0 saturated carbocycles. The van der Waals surface area contributed by atoms with Gasteiger partial charge in [-0.3, -0.25) is 4.79 Å². The number of nitrogens with one attached hydrogen (secondary N) is 1. The standard InChI is InChI=1S/C20H19BrN2O2S/c1-3-25-16-7-5-14(6-8-16)20-22-15(12-26-20)11-19(24)23-18-9-4-13(2)10-17(18)21/h4-10,12H,3,11H2,1-2H3,(H,23,24). The lowest BCUT2D eigenvalue weighted by Gasteiger charge is -2.07. The number of carbonyl (C=O) groups excluding carboxylic acids is 1. The molecule has 0 spiro atoms. The zero-order valence-corrected chi connectivity index (χ0v) is 17.0. The van der Waals surface area contributed by atoms with Crippen molar-refractivity contribution in [3.63, 3.8) is 0 Å². The van der Waals surface area contributed by atoms with Crippen LogP contribution in [0.25, 0.3) is 10.6 Å². The molecule has 0 radical (unpaired) electrons. The third kappa shape index (κ3) is 4.71. The summed E-state index contributed by atoms with van der Waals surface area (Å²) in [4.78, 5) is 16.9. The van der Waals surface area contributed by atoms with Crippen molar-refractivity contribution in [3.8, 4) is 16.3 Å². The molecule has 1 amide bonds. The smallest absolute Gasteiger partial charge is 0.230 e. The van der Waals surface area contributed by atoms with Gasteiger partial charge >= 0.3 is 0 Å². The Hall–Kier alpha value is -2.18. The highest BCUT2D eigenvalue weighted by Gasteiger charge is 2.11. The van der Waals surface area contributed by atoms with Crippen LogP contribution in [0.5, 0.6) is 5.75 Å². The summed E-state index contributed by atoms with van der Waals surface area (Å²) >= 11 is 5.01. The van der Waals surface area contributed by atoms with Gasteiger partial charge in [0.1, 0.15) is 10.8 Å². The molecule has 134 valence electrons. The van der Waals surface area contributed by atoms with Gasteiger partial charge in [0.25, 0.3) is 0 Å². The van der Waals surface area contributed by atoms with Crippen molar-refractivity contribution in [2.45, 2.75) is 20.3 Å².